The van der Waals surface area contributed by atoms with E-state index in [1.165, 1.54) is 5.56 Å². The predicted octanol–water partition coefficient (Wildman–Crippen LogP) is 4.69. The van der Waals surface area contributed by atoms with E-state index in [1.54, 1.807) is 18.4 Å². The van der Waals surface area contributed by atoms with Gasteiger partial charge in [-0.2, -0.15) is 11.3 Å². The summed E-state index contributed by atoms with van der Waals surface area (Å²) in [7, 11) is 1.67. The highest BCUT2D eigenvalue weighted by Crippen LogP contribution is 2.29. The van der Waals surface area contributed by atoms with E-state index in [0.29, 0.717) is 6.04 Å². The molecule has 1 aromatic carbocycles. The summed E-state index contributed by atoms with van der Waals surface area (Å²) in [6.45, 7) is 2.15. The van der Waals surface area contributed by atoms with Crippen LogP contribution in [0.25, 0.3) is 0 Å². The molecule has 0 spiro atoms. The molecule has 1 atom stereocenters. The van der Waals surface area contributed by atoms with Crippen LogP contribution in [0.5, 0.6) is 5.75 Å². The lowest BCUT2D eigenvalue weighted by Gasteiger charge is -2.15. The first kappa shape index (κ1) is 12.5. The summed E-state index contributed by atoms with van der Waals surface area (Å²) in [4.78, 5) is 0. The Bertz CT molecular complexity index is 484. The molecule has 0 radical (unpaired) electrons. The van der Waals surface area contributed by atoms with E-state index in [1.807, 2.05) is 18.2 Å². The lowest BCUT2D eigenvalue weighted by atomic mass is 10.1. The maximum absolute atomic E-state index is 5.20. The van der Waals surface area contributed by atoms with Crippen LogP contribution in [-0.4, -0.2) is 7.11 Å². The van der Waals surface area contributed by atoms with Gasteiger partial charge in [0.1, 0.15) is 5.75 Å². The van der Waals surface area contributed by atoms with Crippen LogP contribution >= 0.6 is 27.3 Å². The maximum Gasteiger partial charge on any atom is 0.133 e. The Balaban J connectivity index is 2.11. The summed E-state index contributed by atoms with van der Waals surface area (Å²) in [6.07, 6.45) is 0. The van der Waals surface area contributed by atoms with Crippen molar-refractivity contribution in [1.82, 2.24) is 0 Å². The van der Waals surface area contributed by atoms with Gasteiger partial charge in [0.05, 0.1) is 11.6 Å². The molecule has 0 amide bonds. The van der Waals surface area contributed by atoms with Crippen LogP contribution in [0.3, 0.4) is 0 Å². The Morgan fingerprint density at radius 3 is 2.76 bits per heavy atom. The minimum atomic E-state index is 0.307. The van der Waals surface area contributed by atoms with E-state index in [4.69, 9.17) is 4.74 Å². The molecule has 0 fully saturated rings. The van der Waals surface area contributed by atoms with Crippen molar-refractivity contribution in [3.8, 4) is 5.75 Å². The van der Waals surface area contributed by atoms with E-state index in [0.717, 1.165) is 15.9 Å². The number of hydrogen-bond donors (Lipinski definition) is 1. The first-order valence-corrected chi connectivity index (χ1v) is 7.06. The summed E-state index contributed by atoms with van der Waals surface area (Å²) < 4.78 is 6.16. The standard InChI is InChI=1S/C13H14BrNOS/c1-9(10-5-6-17-8-10)15-11-3-4-13(16-2)12(14)7-11/h3-9,15H,1-2H3. The fourth-order valence-electron chi connectivity index (χ4n) is 1.61. The fourth-order valence-corrected chi connectivity index (χ4v) is 2.91. The molecular weight excluding hydrogens is 298 g/mol. The van der Waals surface area contributed by atoms with E-state index < -0.39 is 0 Å². The van der Waals surface area contributed by atoms with Gasteiger partial charge in [-0.15, -0.1) is 0 Å². The third-order valence-corrected chi connectivity index (χ3v) is 3.90. The number of halogens is 1. The second-order valence-corrected chi connectivity index (χ2v) is 5.41. The van der Waals surface area contributed by atoms with Crippen LogP contribution in [0.1, 0.15) is 18.5 Å². The average Bonchev–Trinajstić information content (AvgIpc) is 2.82. The first-order valence-electron chi connectivity index (χ1n) is 5.33. The molecule has 1 N–H and O–H groups in total. The van der Waals surface area contributed by atoms with Crippen molar-refractivity contribution in [2.24, 2.45) is 0 Å². The normalized spacial score (nSPS) is 12.2. The van der Waals surface area contributed by atoms with Crippen LogP contribution in [0.2, 0.25) is 0 Å². The van der Waals surface area contributed by atoms with Gasteiger partial charge in [-0.3, -0.25) is 0 Å². The minimum absolute atomic E-state index is 0.307. The first-order chi connectivity index (χ1) is 8.20. The summed E-state index contributed by atoms with van der Waals surface area (Å²) in [5.74, 6) is 0.846. The van der Waals surface area contributed by atoms with Gasteiger partial charge in [-0.25, -0.2) is 0 Å². The van der Waals surface area contributed by atoms with Gasteiger partial charge in [0.2, 0.25) is 0 Å². The molecule has 4 heteroatoms. The molecule has 0 bridgehead atoms. The van der Waals surface area contributed by atoms with Gasteiger partial charge in [-0.1, -0.05) is 0 Å². The molecule has 17 heavy (non-hydrogen) atoms. The number of anilines is 1. The molecule has 0 saturated carbocycles. The van der Waals surface area contributed by atoms with Crippen LogP contribution in [0, 0.1) is 0 Å². The molecule has 2 rings (SSSR count). The monoisotopic (exact) mass is 311 g/mol. The van der Waals surface area contributed by atoms with Crippen molar-refractivity contribution in [2.75, 3.05) is 12.4 Å². The summed E-state index contributed by atoms with van der Waals surface area (Å²) >= 11 is 5.20. The van der Waals surface area contributed by atoms with Crippen molar-refractivity contribution >= 4 is 33.0 Å². The molecule has 0 aliphatic carbocycles. The zero-order chi connectivity index (χ0) is 12.3. The highest BCUT2D eigenvalue weighted by Gasteiger charge is 2.07. The fraction of sp³-hybridized carbons (Fsp3) is 0.231. The Kier molecular flexibility index (Phi) is 4.07. The number of thiophene rings is 1. The predicted molar refractivity (Wildman–Crippen MR) is 77.1 cm³/mol. The summed E-state index contributed by atoms with van der Waals surface area (Å²) in [5, 5.41) is 7.72. The zero-order valence-corrected chi connectivity index (χ0v) is 12.1. The summed E-state index contributed by atoms with van der Waals surface area (Å²) in [6, 6.07) is 8.45. The topological polar surface area (TPSA) is 21.3 Å². The number of methoxy groups -OCH3 is 1. The molecule has 0 aliphatic rings. The van der Waals surface area contributed by atoms with E-state index in [2.05, 4.69) is 45.0 Å². The van der Waals surface area contributed by atoms with Crippen molar-refractivity contribution < 1.29 is 4.74 Å². The van der Waals surface area contributed by atoms with Crippen molar-refractivity contribution in [2.45, 2.75) is 13.0 Å². The Morgan fingerprint density at radius 1 is 1.35 bits per heavy atom. The van der Waals surface area contributed by atoms with E-state index >= 15 is 0 Å². The van der Waals surface area contributed by atoms with Crippen molar-refractivity contribution in [3.63, 3.8) is 0 Å². The zero-order valence-electron chi connectivity index (χ0n) is 9.74. The van der Waals surface area contributed by atoms with Crippen LogP contribution < -0.4 is 10.1 Å². The molecule has 1 heterocycles. The summed E-state index contributed by atoms with van der Waals surface area (Å²) in [5.41, 5.74) is 2.39. The highest BCUT2D eigenvalue weighted by atomic mass is 79.9. The third kappa shape index (κ3) is 3.01. The lowest BCUT2D eigenvalue weighted by Crippen LogP contribution is -2.05. The van der Waals surface area contributed by atoms with Crippen LogP contribution in [-0.2, 0) is 0 Å². The van der Waals surface area contributed by atoms with Gasteiger partial charge >= 0.3 is 0 Å². The Morgan fingerprint density at radius 2 is 2.18 bits per heavy atom. The van der Waals surface area contributed by atoms with Gasteiger partial charge in [0, 0.05) is 11.7 Å². The van der Waals surface area contributed by atoms with Crippen LogP contribution in [0.15, 0.2) is 39.5 Å². The SMILES string of the molecule is COc1ccc(NC(C)c2ccsc2)cc1Br. The van der Waals surface area contributed by atoms with Crippen molar-refractivity contribution in [3.05, 3.63) is 45.1 Å². The minimum Gasteiger partial charge on any atom is -0.496 e. The van der Waals surface area contributed by atoms with Gasteiger partial charge < -0.3 is 10.1 Å². The highest BCUT2D eigenvalue weighted by molar-refractivity contribution is 9.10. The largest absolute Gasteiger partial charge is 0.496 e. The quantitative estimate of drug-likeness (QED) is 0.884. The molecule has 0 aliphatic heterocycles. The van der Waals surface area contributed by atoms with E-state index in [9.17, 15) is 0 Å². The Hall–Kier alpha value is -1.00. The van der Waals surface area contributed by atoms with Crippen molar-refractivity contribution in [1.29, 1.82) is 0 Å². The average molecular weight is 312 g/mol. The molecule has 2 aromatic rings. The smallest absolute Gasteiger partial charge is 0.133 e. The molecule has 0 saturated heterocycles. The second kappa shape index (κ2) is 5.56. The third-order valence-electron chi connectivity index (χ3n) is 2.58. The molecule has 1 unspecified atom stereocenters. The number of benzene rings is 1. The molecule has 2 nitrogen and oxygen atoms in total. The number of hydrogen-bond acceptors (Lipinski definition) is 3. The van der Waals surface area contributed by atoms with Crippen LogP contribution in [0.4, 0.5) is 5.69 Å². The molecule has 1 aromatic heterocycles. The maximum atomic E-state index is 5.20. The molecular formula is C13H14BrNOS. The van der Waals surface area contributed by atoms with E-state index in [-0.39, 0.29) is 0 Å². The number of ether oxygens (including phenoxy) is 1. The lowest BCUT2D eigenvalue weighted by molar-refractivity contribution is 0.412. The van der Waals surface area contributed by atoms with Gasteiger partial charge in [0.25, 0.3) is 0 Å². The second-order valence-electron chi connectivity index (χ2n) is 3.77. The van der Waals surface area contributed by atoms with Gasteiger partial charge in [-0.05, 0) is 63.4 Å². The van der Waals surface area contributed by atoms with Gasteiger partial charge in [0.15, 0.2) is 0 Å². The molecule has 90 valence electrons. The number of rotatable bonds is 4. The number of nitrogens with one attached hydrogen (secondary N) is 1. The Labute approximate surface area is 114 Å².